The molecule has 1 atom stereocenters. The number of nitrogens with zero attached hydrogens (tertiary/aromatic N) is 2. The maximum Gasteiger partial charge on any atom is 0.256 e. The van der Waals surface area contributed by atoms with E-state index in [0.29, 0.717) is 19.7 Å². The van der Waals surface area contributed by atoms with Crippen molar-refractivity contribution < 1.29 is 14.3 Å². The van der Waals surface area contributed by atoms with Crippen LogP contribution in [-0.4, -0.2) is 60.5 Å². The zero-order chi connectivity index (χ0) is 14.0. The van der Waals surface area contributed by atoms with E-state index in [1.54, 1.807) is 9.80 Å². The number of amides is 2. The number of likely N-dealkylation sites (tertiary alicyclic amines) is 1. The van der Waals surface area contributed by atoms with Gasteiger partial charge in [-0.05, 0) is 19.3 Å². The summed E-state index contributed by atoms with van der Waals surface area (Å²) < 4.78 is 5.84. The van der Waals surface area contributed by atoms with E-state index in [-0.39, 0.29) is 17.7 Å². The van der Waals surface area contributed by atoms with Crippen LogP contribution in [0.4, 0.5) is 0 Å². The smallest absolute Gasteiger partial charge is 0.256 e. The van der Waals surface area contributed by atoms with Crippen LogP contribution < -0.4 is 0 Å². The van der Waals surface area contributed by atoms with E-state index >= 15 is 0 Å². The Morgan fingerprint density at radius 2 is 2.05 bits per heavy atom. The van der Waals surface area contributed by atoms with Crippen molar-refractivity contribution >= 4 is 11.8 Å². The molecule has 19 heavy (non-hydrogen) atoms. The van der Waals surface area contributed by atoms with Crippen LogP contribution in [-0.2, 0) is 14.3 Å². The van der Waals surface area contributed by atoms with Gasteiger partial charge in [-0.1, -0.05) is 13.8 Å². The first-order valence-corrected chi connectivity index (χ1v) is 7.14. The van der Waals surface area contributed by atoms with E-state index in [9.17, 15) is 9.59 Å². The lowest BCUT2D eigenvalue weighted by atomic mass is 9.93. The van der Waals surface area contributed by atoms with Gasteiger partial charge in [0.25, 0.3) is 5.91 Å². The third kappa shape index (κ3) is 2.76. The largest absolute Gasteiger partial charge is 0.361 e. The van der Waals surface area contributed by atoms with Crippen molar-refractivity contribution in [3.63, 3.8) is 0 Å². The van der Waals surface area contributed by atoms with Gasteiger partial charge < -0.3 is 14.5 Å². The monoisotopic (exact) mass is 268 g/mol. The molecular formula is C14H24N2O3. The fraction of sp³-hybridized carbons (Fsp3) is 0.857. The normalized spacial score (nSPS) is 28.9. The molecule has 0 aromatic carbocycles. The van der Waals surface area contributed by atoms with Crippen LogP contribution in [0.25, 0.3) is 0 Å². The summed E-state index contributed by atoms with van der Waals surface area (Å²) in [5, 5.41) is 0. The van der Waals surface area contributed by atoms with E-state index in [0.717, 1.165) is 25.8 Å². The summed E-state index contributed by atoms with van der Waals surface area (Å²) in [6, 6.07) is 0. The molecule has 1 unspecified atom stereocenters. The van der Waals surface area contributed by atoms with Gasteiger partial charge in [0.05, 0.1) is 13.2 Å². The number of carbonyl (C=O) groups excluding carboxylic acids is 2. The van der Waals surface area contributed by atoms with E-state index in [2.05, 4.69) is 0 Å². The van der Waals surface area contributed by atoms with E-state index < -0.39 is 5.60 Å². The first-order chi connectivity index (χ1) is 8.96. The van der Waals surface area contributed by atoms with Crippen molar-refractivity contribution in [1.29, 1.82) is 0 Å². The summed E-state index contributed by atoms with van der Waals surface area (Å²) >= 11 is 0. The number of carbonyl (C=O) groups is 2. The number of hydrogen-bond acceptors (Lipinski definition) is 3. The predicted molar refractivity (Wildman–Crippen MR) is 71.6 cm³/mol. The zero-order valence-electron chi connectivity index (χ0n) is 12.1. The van der Waals surface area contributed by atoms with Gasteiger partial charge in [0.2, 0.25) is 5.91 Å². The molecule has 2 aliphatic rings. The number of morpholine rings is 1. The fourth-order valence-corrected chi connectivity index (χ4v) is 2.93. The number of hydrogen-bond donors (Lipinski definition) is 0. The molecule has 0 radical (unpaired) electrons. The van der Waals surface area contributed by atoms with Crippen LogP contribution in [0.15, 0.2) is 0 Å². The average molecular weight is 268 g/mol. The molecule has 0 saturated carbocycles. The SMILES string of the molecule is CC(C)C(=O)N1CCOC2(CCCCN(C)C2=O)C1. The lowest BCUT2D eigenvalue weighted by Crippen LogP contribution is -2.60. The van der Waals surface area contributed by atoms with Crippen molar-refractivity contribution in [3.05, 3.63) is 0 Å². The van der Waals surface area contributed by atoms with Gasteiger partial charge in [0.15, 0.2) is 5.60 Å². The molecule has 2 fully saturated rings. The molecule has 5 nitrogen and oxygen atoms in total. The Balaban J connectivity index is 2.17. The highest BCUT2D eigenvalue weighted by molar-refractivity contribution is 5.87. The first-order valence-electron chi connectivity index (χ1n) is 7.14. The minimum Gasteiger partial charge on any atom is -0.361 e. The highest BCUT2D eigenvalue weighted by Gasteiger charge is 2.47. The Labute approximate surface area is 114 Å². The second-order valence-electron chi connectivity index (χ2n) is 5.94. The van der Waals surface area contributed by atoms with Crippen molar-refractivity contribution in [2.24, 2.45) is 5.92 Å². The minimum atomic E-state index is -0.798. The van der Waals surface area contributed by atoms with Crippen molar-refractivity contribution in [3.8, 4) is 0 Å². The molecule has 0 aromatic heterocycles. The van der Waals surface area contributed by atoms with Gasteiger partial charge in [0.1, 0.15) is 0 Å². The molecule has 0 aromatic rings. The Morgan fingerprint density at radius 3 is 2.74 bits per heavy atom. The molecule has 0 bridgehead atoms. The van der Waals surface area contributed by atoms with Crippen molar-refractivity contribution in [2.45, 2.75) is 38.7 Å². The van der Waals surface area contributed by atoms with Gasteiger partial charge in [-0.15, -0.1) is 0 Å². The summed E-state index contributed by atoms with van der Waals surface area (Å²) in [6.45, 7) is 6.03. The second-order valence-corrected chi connectivity index (χ2v) is 5.94. The van der Waals surface area contributed by atoms with Crippen LogP contribution in [0.1, 0.15) is 33.1 Å². The first kappa shape index (κ1) is 14.3. The molecule has 0 N–H and O–H groups in total. The molecule has 1 spiro atoms. The maximum atomic E-state index is 12.5. The molecule has 2 rings (SSSR count). The zero-order valence-corrected chi connectivity index (χ0v) is 12.1. The molecule has 5 heteroatoms. The lowest BCUT2D eigenvalue weighted by Gasteiger charge is -2.42. The van der Waals surface area contributed by atoms with Gasteiger partial charge in [-0.2, -0.15) is 0 Å². The average Bonchev–Trinajstić information content (AvgIpc) is 2.52. The predicted octanol–water partition coefficient (Wildman–Crippen LogP) is 0.882. The molecule has 2 amide bonds. The van der Waals surface area contributed by atoms with Crippen molar-refractivity contribution in [1.82, 2.24) is 9.80 Å². The fourth-order valence-electron chi connectivity index (χ4n) is 2.93. The summed E-state index contributed by atoms with van der Waals surface area (Å²) in [7, 11) is 1.82. The quantitative estimate of drug-likeness (QED) is 0.709. The maximum absolute atomic E-state index is 12.5. The lowest BCUT2D eigenvalue weighted by molar-refractivity contribution is -0.174. The Morgan fingerprint density at radius 1 is 1.32 bits per heavy atom. The minimum absolute atomic E-state index is 0.0336. The van der Waals surface area contributed by atoms with Crippen LogP contribution in [0, 0.1) is 5.92 Å². The number of ether oxygens (including phenoxy) is 1. The summed E-state index contributed by atoms with van der Waals surface area (Å²) in [4.78, 5) is 28.2. The van der Waals surface area contributed by atoms with Gasteiger partial charge >= 0.3 is 0 Å². The van der Waals surface area contributed by atoms with Gasteiger partial charge in [-0.25, -0.2) is 0 Å². The second kappa shape index (κ2) is 5.49. The molecular weight excluding hydrogens is 244 g/mol. The standard InChI is InChI=1S/C14H24N2O3/c1-11(2)12(17)16-8-9-19-14(10-16)6-4-5-7-15(3)13(14)18/h11H,4-10H2,1-3H3. The number of likely N-dealkylation sites (N-methyl/N-ethyl adjacent to an activating group) is 1. The van der Waals surface area contributed by atoms with E-state index in [4.69, 9.17) is 4.74 Å². The van der Waals surface area contributed by atoms with E-state index in [1.807, 2.05) is 20.9 Å². The summed E-state index contributed by atoms with van der Waals surface area (Å²) in [5.74, 6) is 0.113. The van der Waals surface area contributed by atoms with Crippen molar-refractivity contribution in [2.75, 3.05) is 33.3 Å². The molecule has 2 saturated heterocycles. The third-order valence-electron chi connectivity index (χ3n) is 4.05. The van der Waals surface area contributed by atoms with Crippen LogP contribution in [0.3, 0.4) is 0 Å². The summed E-state index contributed by atoms with van der Waals surface area (Å²) in [5.41, 5.74) is -0.798. The summed E-state index contributed by atoms with van der Waals surface area (Å²) in [6.07, 6.45) is 2.70. The van der Waals surface area contributed by atoms with E-state index in [1.165, 1.54) is 0 Å². The molecule has 108 valence electrons. The molecule has 0 aliphatic carbocycles. The molecule has 2 aliphatic heterocycles. The highest BCUT2D eigenvalue weighted by Crippen LogP contribution is 2.29. The van der Waals surface area contributed by atoms with Gasteiger partial charge in [-0.3, -0.25) is 9.59 Å². The van der Waals surface area contributed by atoms with Crippen LogP contribution in [0.5, 0.6) is 0 Å². The highest BCUT2D eigenvalue weighted by atomic mass is 16.5. The number of rotatable bonds is 1. The van der Waals surface area contributed by atoms with Crippen LogP contribution >= 0.6 is 0 Å². The Bertz CT molecular complexity index is 370. The van der Waals surface area contributed by atoms with Gasteiger partial charge in [0, 0.05) is 26.1 Å². The van der Waals surface area contributed by atoms with Crippen LogP contribution in [0.2, 0.25) is 0 Å². The Kier molecular flexibility index (Phi) is 4.13. The topological polar surface area (TPSA) is 49.9 Å². The Hall–Kier alpha value is -1.10. The third-order valence-corrected chi connectivity index (χ3v) is 4.05. The molecule has 2 heterocycles.